The summed E-state index contributed by atoms with van der Waals surface area (Å²) in [6.45, 7) is 0. The van der Waals surface area contributed by atoms with Gasteiger partial charge >= 0.3 is 0 Å². The maximum atomic E-state index is 13.7. The molecule has 0 spiro atoms. The highest BCUT2D eigenvalue weighted by Crippen LogP contribution is 2.18. The molecule has 1 heterocycles. The number of amides is 1. The van der Waals surface area contributed by atoms with Gasteiger partial charge in [0.1, 0.15) is 17.3 Å². The van der Waals surface area contributed by atoms with E-state index in [1.807, 2.05) is 6.07 Å². The van der Waals surface area contributed by atoms with Crippen LogP contribution in [0.4, 0.5) is 26.1 Å². The standard InChI is InChI=1S/C18H11F2N5O/c19-12-3-6-15(14(20)9-12)24-18-22-8-7-16(25-18)17(26)23-13-4-1-11(10-21)2-5-13/h1-9H,(H,23,26)(H,22,24,25). The van der Waals surface area contributed by atoms with E-state index in [2.05, 4.69) is 20.6 Å². The van der Waals surface area contributed by atoms with Crippen LogP contribution in [0, 0.1) is 23.0 Å². The Morgan fingerprint density at radius 3 is 2.54 bits per heavy atom. The number of hydrogen-bond donors (Lipinski definition) is 2. The summed E-state index contributed by atoms with van der Waals surface area (Å²) in [5, 5.41) is 14.0. The highest BCUT2D eigenvalue weighted by molar-refractivity contribution is 6.03. The molecule has 26 heavy (non-hydrogen) atoms. The van der Waals surface area contributed by atoms with Crippen LogP contribution in [-0.2, 0) is 0 Å². The normalized spacial score (nSPS) is 10.0. The summed E-state index contributed by atoms with van der Waals surface area (Å²) in [7, 11) is 0. The number of aromatic nitrogens is 2. The number of rotatable bonds is 4. The van der Waals surface area contributed by atoms with Crippen molar-refractivity contribution in [2.45, 2.75) is 0 Å². The van der Waals surface area contributed by atoms with Gasteiger partial charge in [0, 0.05) is 18.0 Å². The molecule has 0 bridgehead atoms. The zero-order valence-corrected chi connectivity index (χ0v) is 13.2. The smallest absolute Gasteiger partial charge is 0.274 e. The Morgan fingerprint density at radius 1 is 1.08 bits per heavy atom. The van der Waals surface area contributed by atoms with Gasteiger partial charge in [0.25, 0.3) is 5.91 Å². The van der Waals surface area contributed by atoms with Gasteiger partial charge in [-0.1, -0.05) is 0 Å². The maximum Gasteiger partial charge on any atom is 0.274 e. The molecule has 6 nitrogen and oxygen atoms in total. The van der Waals surface area contributed by atoms with Crippen molar-refractivity contribution in [3.63, 3.8) is 0 Å². The summed E-state index contributed by atoms with van der Waals surface area (Å²) >= 11 is 0. The van der Waals surface area contributed by atoms with E-state index < -0.39 is 17.5 Å². The topological polar surface area (TPSA) is 90.7 Å². The molecule has 3 rings (SSSR count). The van der Waals surface area contributed by atoms with Gasteiger partial charge in [0.05, 0.1) is 17.3 Å². The molecule has 0 radical (unpaired) electrons. The van der Waals surface area contributed by atoms with Gasteiger partial charge in [-0.15, -0.1) is 0 Å². The molecule has 0 aliphatic carbocycles. The lowest BCUT2D eigenvalue weighted by Crippen LogP contribution is -2.14. The Hall–Kier alpha value is -3.86. The third-order valence-corrected chi connectivity index (χ3v) is 3.34. The summed E-state index contributed by atoms with van der Waals surface area (Å²) in [4.78, 5) is 20.2. The number of nitrogens with zero attached hydrogens (tertiary/aromatic N) is 3. The van der Waals surface area contributed by atoms with Gasteiger partial charge in [-0.2, -0.15) is 5.26 Å². The minimum Gasteiger partial charge on any atom is -0.322 e. The minimum atomic E-state index is -0.805. The number of hydrogen-bond acceptors (Lipinski definition) is 5. The Labute approximate surface area is 147 Å². The summed E-state index contributed by atoms with van der Waals surface area (Å²) in [6.07, 6.45) is 1.34. The second-order valence-electron chi connectivity index (χ2n) is 5.16. The summed E-state index contributed by atoms with van der Waals surface area (Å²) in [6, 6.07) is 12.7. The molecule has 128 valence electrons. The quantitative estimate of drug-likeness (QED) is 0.749. The van der Waals surface area contributed by atoms with Crippen LogP contribution in [0.3, 0.4) is 0 Å². The Bertz CT molecular complexity index is 999. The molecule has 0 fully saturated rings. The van der Waals surface area contributed by atoms with Crippen molar-refractivity contribution in [3.05, 3.63) is 77.6 Å². The highest BCUT2D eigenvalue weighted by atomic mass is 19.1. The SMILES string of the molecule is N#Cc1ccc(NC(=O)c2ccnc(Nc3ccc(F)cc3F)n2)cc1. The number of halogens is 2. The van der Waals surface area contributed by atoms with Gasteiger partial charge in [0.15, 0.2) is 0 Å². The van der Waals surface area contributed by atoms with Crippen LogP contribution in [0.25, 0.3) is 0 Å². The Balaban J connectivity index is 1.75. The predicted molar refractivity (Wildman–Crippen MR) is 90.8 cm³/mol. The van der Waals surface area contributed by atoms with Crippen LogP contribution in [-0.4, -0.2) is 15.9 Å². The zero-order chi connectivity index (χ0) is 18.5. The van der Waals surface area contributed by atoms with Gasteiger partial charge in [-0.3, -0.25) is 4.79 Å². The van der Waals surface area contributed by atoms with Crippen LogP contribution in [0.5, 0.6) is 0 Å². The third kappa shape index (κ3) is 3.96. The molecule has 2 aromatic carbocycles. The van der Waals surface area contributed by atoms with E-state index in [0.29, 0.717) is 11.3 Å². The second-order valence-corrected chi connectivity index (χ2v) is 5.16. The van der Waals surface area contributed by atoms with Crippen molar-refractivity contribution in [2.24, 2.45) is 0 Å². The van der Waals surface area contributed by atoms with Crippen molar-refractivity contribution < 1.29 is 13.6 Å². The largest absolute Gasteiger partial charge is 0.322 e. The fraction of sp³-hybridized carbons (Fsp3) is 0. The molecule has 0 atom stereocenters. The predicted octanol–water partition coefficient (Wildman–Crippen LogP) is 3.62. The molecular formula is C18H11F2N5O. The lowest BCUT2D eigenvalue weighted by Gasteiger charge is -2.08. The molecule has 0 unspecified atom stereocenters. The summed E-state index contributed by atoms with van der Waals surface area (Å²) in [5.41, 5.74) is 0.995. The Morgan fingerprint density at radius 2 is 1.85 bits per heavy atom. The van der Waals surface area contributed by atoms with Gasteiger partial charge in [-0.05, 0) is 42.5 Å². The maximum absolute atomic E-state index is 13.7. The van der Waals surface area contributed by atoms with Crippen molar-refractivity contribution in [3.8, 4) is 6.07 Å². The summed E-state index contributed by atoms with van der Waals surface area (Å²) < 4.78 is 26.6. The van der Waals surface area contributed by atoms with Gasteiger partial charge in [-0.25, -0.2) is 18.7 Å². The van der Waals surface area contributed by atoms with E-state index in [9.17, 15) is 13.6 Å². The molecule has 2 N–H and O–H groups in total. The van der Waals surface area contributed by atoms with Crippen LogP contribution in [0.2, 0.25) is 0 Å². The minimum absolute atomic E-state index is 0.0111. The van der Waals surface area contributed by atoms with E-state index in [1.54, 1.807) is 24.3 Å². The fourth-order valence-corrected chi connectivity index (χ4v) is 2.08. The first-order valence-electron chi connectivity index (χ1n) is 7.42. The van der Waals surface area contributed by atoms with Crippen molar-refractivity contribution >= 4 is 23.2 Å². The monoisotopic (exact) mass is 351 g/mol. The number of benzene rings is 2. The molecule has 1 amide bonds. The van der Waals surface area contributed by atoms with Crippen LogP contribution < -0.4 is 10.6 Å². The number of nitrogens with one attached hydrogen (secondary N) is 2. The first kappa shape index (κ1) is 17.0. The number of carbonyl (C=O) groups is 1. The van der Waals surface area contributed by atoms with E-state index in [0.717, 1.165) is 12.1 Å². The zero-order valence-electron chi connectivity index (χ0n) is 13.2. The van der Waals surface area contributed by atoms with Crippen LogP contribution in [0.15, 0.2) is 54.7 Å². The molecule has 1 aromatic heterocycles. The fourth-order valence-electron chi connectivity index (χ4n) is 2.08. The molecule has 0 saturated carbocycles. The number of anilines is 3. The van der Waals surface area contributed by atoms with E-state index in [-0.39, 0.29) is 17.3 Å². The molecule has 0 aliphatic rings. The molecule has 0 aliphatic heterocycles. The van der Waals surface area contributed by atoms with Gasteiger partial charge in [0.2, 0.25) is 5.95 Å². The lowest BCUT2D eigenvalue weighted by atomic mass is 10.2. The number of carbonyl (C=O) groups excluding carboxylic acids is 1. The van der Waals surface area contributed by atoms with Crippen molar-refractivity contribution in [1.82, 2.24) is 9.97 Å². The average Bonchev–Trinajstić information content (AvgIpc) is 2.65. The van der Waals surface area contributed by atoms with Gasteiger partial charge < -0.3 is 10.6 Å². The molecule has 3 aromatic rings. The first-order valence-corrected chi connectivity index (χ1v) is 7.42. The lowest BCUT2D eigenvalue weighted by molar-refractivity contribution is 0.102. The molecular weight excluding hydrogens is 340 g/mol. The average molecular weight is 351 g/mol. The molecule has 8 heteroatoms. The second kappa shape index (κ2) is 7.36. The van der Waals surface area contributed by atoms with E-state index in [1.165, 1.54) is 18.3 Å². The summed E-state index contributed by atoms with van der Waals surface area (Å²) in [5.74, 6) is -2.02. The third-order valence-electron chi connectivity index (χ3n) is 3.34. The van der Waals surface area contributed by atoms with E-state index in [4.69, 9.17) is 5.26 Å². The van der Waals surface area contributed by atoms with Crippen molar-refractivity contribution in [2.75, 3.05) is 10.6 Å². The molecule has 0 saturated heterocycles. The first-order chi connectivity index (χ1) is 12.5. The Kier molecular flexibility index (Phi) is 4.80. The van der Waals surface area contributed by atoms with Crippen LogP contribution in [0.1, 0.15) is 16.1 Å². The number of nitriles is 1. The van der Waals surface area contributed by atoms with Crippen molar-refractivity contribution in [1.29, 1.82) is 5.26 Å². The highest BCUT2D eigenvalue weighted by Gasteiger charge is 2.11. The van der Waals surface area contributed by atoms with Crippen LogP contribution >= 0.6 is 0 Å². The van der Waals surface area contributed by atoms with E-state index >= 15 is 0 Å².